The third-order valence-corrected chi connectivity index (χ3v) is 4.57. The van der Waals surface area contributed by atoms with Crippen molar-refractivity contribution in [3.63, 3.8) is 0 Å². The number of carbonyl (C=O) groups is 2. The van der Waals surface area contributed by atoms with Gasteiger partial charge in [-0.25, -0.2) is 0 Å². The molecule has 2 aromatic carbocycles. The van der Waals surface area contributed by atoms with Gasteiger partial charge >= 0.3 is 0 Å². The average molecular weight is 398 g/mol. The molecule has 6 heteroatoms. The molecule has 6 nitrogen and oxygen atoms in total. The van der Waals surface area contributed by atoms with Gasteiger partial charge in [-0.05, 0) is 49.7 Å². The van der Waals surface area contributed by atoms with Crippen molar-refractivity contribution in [2.24, 2.45) is 0 Å². The summed E-state index contributed by atoms with van der Waals surface area (Å²) in [5, 5.41) is 11.7. The van der Waals surface area contributed by atoms with Crippen LogP contribution in [-0.2, 0) is 6.54 Å². The van der Waals surface area contributed by atoms with Gasteiger partial charge in [-0.1, -0.05) is 36.4 Å². The molecule has 0 bridgehead atoms. The number of hydrogen-bond donors (Lipinski definition) is 1. The fourth-order valence-corrected chi connectivity index (χ4v) is 2.97. The predicted octanol–water partition coefficient (Wildman–Crippen LogP) is 4.26. The molecule has 150 valence electrons. The number of anilines is 1. The summed E-state index contributed by atoms with van der Waals surface area (Å²) in [6, 6.07) is 21.4. The minimum Gasteiger partial charge on any atom is -0.331 e. The van der Waals surface area contributed by atoms with Crippen LogP contribution in [0.15, 0.2) is 72.9 Å². The van der Waals surface area contributed by atoms with Gasteiger partial charge in [-0.15, -0.1) is 0 Å². The molecule has 0 radical (unpaired) electrons. The average Bonchev–Trinajstić information content (AvgIpc) is 2.77. The highest BCUT2D eigenvalue weighted by atomic mass is 16.2. The van der Waals surface area contributed by atoms with Gasteiger partial charge in [0.2, 0.25) is 0 Å². The molecule has 0 aliphatic carbocycles. The van der Waals surface area contributed by atoms with Crippen molar-refractivity contribution >= 4 is 17.5 Å². The Labute approximate surface area is 175 Å². The van der Waals surface area contributed by atoms with Gasteiger partial charge < -0.3 is 10.2 Å². The molecule has 0 spiro atoms. The maximum Gasteiger partial charge on any atom is 0.272 e. The first-order chi connectivity index (χ1) is 14.5. The topological polar surface area (TPSA) is 86.1 Å². The Morgan fingerprint density at radius 3 is 2.53 bits per heavy atom. The summed E-state index contributed by atoms with van der Waals surface area (Å²) in [6.45, 7) is 4.34. The van der Waals surface area contributed by atoms with Crippen LogP contribution in [0.2, 0.25) is 0 Å². The molecule has 0 saturated carbocycles. The molecule has 0 saturated heterocycles. The number of nitrogens with one attached hydrogen (secondary N) is 1. The lowest BCUT2D eigenvalue weighted by Gasteiger charge is -2.26. The Morgan fingerprint density at radius 2 is 1.83 bits per heavy atom. The minimum absolute atomic E-state index is 0.0364. The molecule has 0 aliphatic heterocycles. The standard InChI is InChI=1S/C24H22N4O2/c1-17(2)28(16-18-7-4-3-5-8-18)24(30)22-14-20(11-12-26-22)23(29)27-21-10-6-9-19(13-21)15-25/h3-14,17H,16H2,1-2H3,(H,27,29). The summed E-state index contributed by atoms with van der Waals surface area (Å²) in [6.07, 6.45) is 1.45. The number of pyridine rings is 1. The third-order valence-electron chi connectivity index (χ3n) is 4.57. The van der Waals surface area contributed by atoms with E-state index >= 15 is 0 Å². The van der Waals surface area contributed by atoms with E-state index in [2.05, 4.69) is 10.3 Å². The fraction of sp³-hybridized carbons (Fsp3) is 0.167. The van der Waals surface area contributed by atoms with E-state index in [0.717, 1.165) is 5.56 Å². The van der Waals surface area contributed by atoms with E-state index in [1.807, 2.05) is 50.2 Å². The summed E-state index contributed by atoms with van der Waals surface area (Å²) < 4.78 is 0. The lowest BCUT2D eigenvalue weighted by Crippen LogP contribution is -2.37. The van der Waals surface area contributed by atoms with Crippen LogP contribution in [0.5, 0.6) is 0 Å². The van der Waals surface area contributed by atoms with E-state index in [1.165, 1.54) is 12.3 Å². The molecule has 0 unspecified atom stereocenters. The molecule has 3 rings (SSSR count). The summed E-state index contributed by atoms with van der Waals surface area (Å²) in [5.74, 6) is -0.615. The van der Waals surface area contributed by atoms with Crippen molar-refractivity contribution in [1.82, 2.24) is 9.88 Å². The Hall–Kier alpha value is -3.98. The van der Waals surface area contributed by atoms with Crippen molar-refractivity contribution in [2.75, 3.05) is 5.32 Å². The maximum absolute atomic E-state index is 13.1. The number of amides is 2. The molecule has 1 heterocycles. The summed E-state index contributed by atoms with van der Waals surface area (Å²) >= 11 is 0. The number of nitrogens with zero attached hydrogens (tertiary/aromatic N) is 3. The van der Waals surface area contributed by atoms with Crippen LogP contribution in [0.3, 0.4) is 0 Å². The predicted molar refractivity (Wildman–Crippen MR) is 115 cm³/mol. The van der Waals surface area contributed by atoms with Crippen molar-refractivity contribution < 1.29 is 9.59 Å². The normalized spacial score (nSPS) is 10.3. The maximum atomic E-state index is 13.1. The van der Waals surface area contributed by atoms with Crippen LogP contribution < -0.4 is 5.32 Å². The van der Waals surface area contributed by atoms with Gasteiger partial charge in [0.25, 0.3) is 11.8 Å². The molecule has 0 aliphatic rings. The summed E-state index contributed by atoms with van der Waals surface area (Å²) in [7, 11) is 0. The lowest BCUT2D eigenvalue weighted by atomic mass is 10.1. The second-order valence-corrected chi connectivity index (χ2v) is 7.09. The SMILES string of the molecule is CC(C)N(Cc1ccccc1)C(=O)c1cc(C(=O)Nc2cccc(C#N)c2)ccn1. The zero-order valence-corrected chi connectivity index (χ0v) is 16.9. The molecular formula is C24H22N4O2. The highest BCUT2D eigenvalue weighted by molar-refractivity contribution is 6.05. The van der Waals surface area contributed by atoms with Gasteiger partial charge in [-0.3, -0.25) is 14.6 Å². The summed E-state index contributed by atoms with van der Waals surface area (Å²) in [5.41, 5.74) is 2.51. The Bertz CT molecular complexity index is 1090. The highest BCUT2D eigenvalue weighted by Gasteiger charge is 2.21. The number of hydrogen-bond acceptors (Lipinski definition) is 4. The minimum atomic E-state index is -0.374. The smallest absolute Gasteiger partial charge is 0.272 e. The molecule has 3 aromatic rings. The number of rotatable bonds is 6. The number of benzene rings is 2. The molecule has 2 amide bonds. The third kappa shape index (κ3) is 5.09. The first-order valence-corrected chi connectivity index (χ1v) is 9.60. The van der Waals surface area contributed by atoms with Crippen molar-refractivity contribution in [2.45, 2.75) is 26.4 Å². The molecule has 30 heavy (non-hydrogen) atoms. The van der Waals surface area contributed by atoms with Gasteiger partial charge in [0.15, 0.2) is 0 Å². The van der Waals surface area contributed by atoms with Gasteiger partial charge in [0.1, 0.15) is 5.69 Å². The largest absolute Gasteiger partial charge is 0.331 e. The second-order valence-electron chi connectivity index (χ2n) is 7.09. The van der Waals surface area contributed by atoms with Crippen LogP contribution in [0.25, 0.3) is 0 Å². The van der Waals surface area contributed by atoms with E-state index < -0.39 is 0 Å². The van der Waals surface area contributed by atoms with E-state index in [-0.39, 0.29) is 23.6 Å². The van der Waals surface area contributed by atoms with Crippen LogP contribution in [0.1, 0.15) is 45.8 Å². The molecule has 0 atom stereocenters. The molecule has 1 N–H and O–H groups in total. The highest BCUT2D eigenvalue weighted by Crippen LogP contribution is 2.15. The quantitative estimate of drug-likeness (QED) is 0.672. The van der Waals surface area contributed by atoms with Crippen LogP contribution in [-0.4, -0.2) is 27.7 Å². The van der Waals surface area contributed by atoms with Gasteiger partial charge in [0, 0.05) is 30.0 Å². The number of nitriles is 1. The number of carbonyl (C=O) groups excluding carboxylic acids is 2. The first-order valence-electron chi connectivity index (χ1n) is 9.60. The van der Waals surface area contributed by atoms with Crippen molar-refractivity contribution in [1.29, 1.82) is 5.26 Å². The van der Waals surface area contributed by atoms with Crippen LogP contribution in [0, 0.1) is 11.3 Å². The van der Waals surface area contributed by atoms with Crippen LogP contribution in [0.4, 0.5) is 5.69 Å². The lowest BCUT2D eigenvalue weighted by molar-refractivity contribution is 0.0684. The second kappa shape index (κ2) is 9.48. The number of aromatic nitrogens is 1. The van der Waals surface area contributed by atoms with E-state index in [9.17, 15) is 9.59 Å². The van der Waals surface area contributed by atoms with E-state index in [0.29, 0.717) is 23.4 Å². The van der Waals surface area contributed by atoms with Gasteiger partial charge in [-0.2, -0.15) is 5.26 Å². The van der Waals surface area contributed by atoms with Crippen molar-refractivity contribution in [3.05, 3.63) is 95.3 Å². The monoisotopic (exact) mass is 398 g/mol. The van der Waals surface area contributed by atoms with E-state index in [4.69, 9.17) is 5.26 Å². The molecule has 1 aromatic heterocycles. The Morgan fingerprint density at radius 1 is 1.07 bits per heavy atom. The van der Waals surface area contributed by atoms with Gasteiger partial charge in [0.05, 0.1) is 11.6 Å². The zero-order valence-electron chi connectivity index (χ0n) is 16.9. The molecular weight excluding hydrogens is 376 g/mol. The Balaban J connectivity index is 1.79. The first kappa shape index (κ1) is 20.7. The van der Waals surface area contributed by atoms with Crippen LogP contribution >= 0.6 is 0 Å². The Kier molecular flexibility index (Phi) is 6.56. The zero-order chi connectivity index (χ0) is 21.5. The van der Waals surface area contributed by atoms with Crippen molar-refractivity contribution in [3.8, 4) is 6.07 Å². The van der Waals surface area contributed by atoms with E-state index in [1.54, 1.807) is 35.2 Å². The molecule has 0 fully saturated rings. The fourth-order valence-electron chi connectivity index (χ4n) is 2.97. The summed E-state index contributed by atoms with van der Waals surface area (Å²) in [4.78, 5) is 31.6.